The quantitative estimate of drug-likeness (QED) is 0.809. The number of hydrogen-bond donors (Lipinski definition) is 0. The summed E-state index contributed by atoms with van der Waals surface area (Å²) in [5.74, 6) is 2.26. The highest BCUT2D eigenvalue weighted by molar-refractivity contribution is 5.79. The van der Waals surface area contributed by atoms with Crippen LogP contribution in [-0.2, 0) is 9.53 Å². The molecule has 1 aromatic rings. The Bertz CT molecular complexity index is 587. The molecule has 140 valence electrons. The van der Waals surface area contributed by atoms with E-state index in [-0.39, 0.29) is 23.8 Å². The molecule has 2 aliphatic rings. The normalized spacial score (nSPS) is 25.3. The number of rotatable bonds is 5. The fourth-order valence-corrected chi connectivity index (χ4v) is 3.58. The van der Waals surface area contributed by atoms with E-state index in [1.165, 1.54) is 0 Å². The molecule has 3 rings (SSSR count). The van der Waals surface area contributed by atoms with Gasteiger partial charge in [0.05, 0.1) is 19.1 Å². The average molecular weight is 350 g/mol. The average Bonchev–Trinajstić information content (AvgIpc) is 3.23. The van der Waals surface area contributed by atoms with Crippen molar-refractivity contribution >= 4 is 5.91 Å². The van der Waals surface area contributed by atoms with Gasteiger partial charge in [-0.15, -0.1) is 10.2 Å². The van der Waals surface area contributed by atoms with Crippen LogP contribution in [0, 0.1) is 11.8 Å². The smallest absolute Gasteiger partial charge is 0.247 e. The Kier molecular flexibility index (Phi) is 5.74. The van der Waals surface area contributed by atoms with Crippen LogP contribution in [0.1, 0.15) is 57.9 Å². The molecule has 0 saturated carbocycles. The SMILES string of the molecule is CC(C)CN1CC[C@H](C(=O)N2CCO[C@@H](c3nnc(C(C)C)o3)C2)C1. The van der Waals surface area contributed by atoms with Crippen molar-refractivity contribution in [2.45, 2.75) is 46.1 Å². The summed E-state index contributed by atoms with van der Waals surface area (Å²) >= 11 is 0. The maximum atomic E-state index is 12.9. The van der Waals surface area contributed by atoms with E-state index in [0.29, 0.717) is 37.4 Å². The van der Waals surface area contributed by atoms with Crippen LogP contribution < -0.4 is 0 Å². The first-order chi connectivity index (χ1) is 11.9. The van der Waals surface area contributed by atoms with Crippen LogP contribution in [0.3, 0.4) is 0 Å². The number of nitrogens with zero attached hydrogens (tertiary/aromatic N) is 4. The number of amides is 1. The molecule has 0 spiro atoms. The molecule has 2 fully saturated rings. The molecule has 2 aliphatic heterocycles. The fraction of sp³-hybridized carbons (Fsp3) is 0.833. The lowest BCUT2D eigenvalue weighted by atomic mass is 10.1. The van der Waals surface area contributed by atoms with Gasteiger partial charge in [0.15, 0.2) is 6.10 Å². The van der Waals surface area contributed by atoms with Crippen molar-refractivity contribution in [3.63, 3.8) is 0 Å². The molecule has 1 amide bonds. The standard InChI is InChI=1S/C18H30N4O3/c1-12(2)9-21-6-5-14(10-21)18(23)22-7-8-24-15(11-22)17-20-19-16(25-17)13(3)4/h12-15H,5-11H2,1-4H3/t14-,15+/m0/s1. The zero-order valence-corrected chi connectivity index (χ0v) is 15.8. The Hall–Kier alpha value is -1.47. The Morgan fingerprint density at radius 3 is 2.68 bits per heavy atom. The third kappa shape index (κ3) is 4.39. The van der Waals surface area contributed by atoms with E-state index in [0.717, 1.165) is 26.1 Å². The second-order valence-corrected chi connectivity index (χ2v) is 7.92. The van der Waals surface area contributed by atoms with Gasteiger partial charge in [-0.3, -0.25) is 4.79 Å². The van der Waals surface area contributed by atoms with Crippen molar-refractivity contribution in [1.82, 2.24) is 20.0 Å². The lowest BCUT2D eigenvalue weighted by Gasteiger charge is -2.33. The van der Waals surface area contributed by atoms with E-state index in [1.807, 2.05) is 18.7 Å². The summed E-state index contributed by atoms with van der Waals surface area (Å²) in [5.41, 5.74) is 0. The van der Waals surface area contributed by atoms with Crippen LogP contribution in [-0.4, -0.2) is 65.2 Å². The number of ether oxygens (including phenoxy) is 1. The van der Waals surface area contributed by atoms with Crippen LogP contribution >= 0.6 is 0 Å². The van der Waals surface area contributed by atoms with Crippen molar-refractivity contribution in [1.29, 1.82) is 0 Å². The summed E-state index contributed by atoms with van der Waals surface area (Å²) in [5, 5.41) is 8.18. The van der Waals surface area contributed by atoms with Crippen molar-refractivity contribution < 1.29 is 13.9 Å². The molecule has 2 atom stereocenters. The molecule has 2 saturated heterocycles. The first kappa shape index (κ1) is 18.3. The van der Waals surface area contributed by atoms with Crippen LogP contribution in [0.5, 0.6) is 0 Å². The van der Waals surface area contributed by atoms with Gasteiger partial charge < -0.3 is 19.0 Å². The van der Waals surface area contributed by atoms with Gasteiger partial charge in [-0.1, -0.05) is 27.7 Å². The fourth-order valence-electron chi connectivity index (χ4n) is 3.58. The Balaban J connectivity index is 1.58. The van der Waals surface area contributed by atoms with Gasteiger partial charge in [-0.2, -0.15) is 0 Å². The minimum Gasteiger partial charge on any atom is -0.422 e. The summed E-state index contributed by atoms with van der Waals surface area (Å²) in [4.78, 5) is 17.2. The molecule has 7 nitrogen and oxygen atoms in total. The van der Waals surface area contributed by atoms with E-state index >= 15 is 0 Å². The first-order valence-corrected chi connectivity index (χ1v) is 9.40. The monoisotopic (exact) mass is 350 g/mol. The minimum atomic E-state index is -0.314. The molecule has 0 N–H and O–H groups in total. The molecule has 7 heteroatoms. The van der Waals surface area contributed by atoms with Gasteiger partial charge in [0.2, 0.25) is 17.7 Å². The van der Waals surface area contributed by atoms with Crippen LogP contribution in [0.2, 0.25) is 0 Å². The predicted octanol–water partition coefficient (Wildman–Crippen LogP) is 2.07. The zero-order valence-electron chi connectivity index (χ0n) is 15.8. The van der Waals surface area contributed by atoms with Crippen molar-refractivity contribution in [3.05, 3.63) is 11.8 Å². The number of morpholine rings is 1. The summed E-state index contributed by atoms with van der Waals surface area (Å²) in [6.07, 6.45) is 0.636. The number of carbonyl (C=O) groups is 1. The molecule has 0 unspecified atom stereocenters. The molecular formula is C18H30N4O3. The van der Waals surface area contributed by atoms with E-state index < -0.39 is 0 Å². The largest absolute Gasteiger partial charge is 0.422 e. The highest BCUT2D eigenvalue weighted by Crippen LogP contribution is 2.26. The Morgan fingerprint density at radius 1 is 1.20 bits per heavy atom. The van der Waals surface area contributed by atoms with Gasteiger partial charge in [0.1, 0.15) is 0 Å². The number of likely N-dealkylation sites (tertiary alicyclic amines) is 1. The van der Waals surface area contributed by atoms with Gasteiger partial charge in [0, 0.05) is 25.6 Å². The molecule has 0 radical (unpaired) electrons. The number of hydrogen-bond acceptors (Lipinski definition) is 6. The zero-order chi connectivity index (χ0) is 18.0. The van der Waals surface area contributed by atoms with Gasteiger partial charge >= 0.3 is 0 Å². The molecule has 0 bridgehead atoms. The lowest BCUT2D eigenvalue weighted by Crippen LogP contribution is -2.45. The second-order valence-electron chi connectivity index (χ2n) is 7.92. The topological polar surface area (TPSA) is 71.7 Å². The summed E-state index contributed by atoms with van der Waals surface area (Å²) < 4.78 is 11.5. The first-order valence-electron chi connectivity index (χ1n) is 9.40. The van der Waals surface area contributed by atoms with E-state index in [1.54, 1.807) is 0 Å². The second kappa shape index (κ2) is 7.83. The van der Waals surface area contributed by atoms with E-state index in [4.69, 9.17) is 9.15 Å². The van der Waals surface area contributed by atoms with Gasteiger partial charge in [-0.05, 0) is 18.9 Å². The molecule has 3 heterocycles. The van der Waals surface area contributed by atoms with Crippen molar-refractivity contribution in [2.24, 2.45) is 11.8 Å². The third-order valence-corrected chi connectivity index (χ3v) is 4.85. The number of carbonyl (C=O) groups excluding carboxylic acids is 1. The molecule has 0 aliphatic carbocycles. The maximum absolute atomic E-state index is 12.9. The van der Waals surface area contributed by atoms with Crippen molar-refractivity contribution in [3.8, 4) is 0 Å². The molecular weight excluding hydrogens is 320 g/mol. The van der Waals surface area contributed by atoms with Crippen LogP contribution in [0.4, 0.5) is 0 Å². The highest BCUT2D eigenvalue weighted by Gasteiger charge is 2.35. The van der Waals surface area contributed by atoms with Crippen LogP contribution in [0.25, 0.3) is 0 Å². The summed E-state index contributed by atoms with van der Waals surface area (Å²) in [6.45, 7) is 13.1. The van der Waals surface area contributed by atoms with E-state index in [2.05, 4.69) is 28.9 Å². The number of aromatic nitrogens is 2. The van der Waals surface area contributed by atoms with Gasteiger partial charge in [-0.25, -0.2) is 0 Å². The Morgan fingerprint density at radius 2 is 2.00 bits per heavy atom. The minimum absolute atomic E-state index is 0.103. The molecule has 1 aromatic heterocycles. The predicted molar refractivity (Wildman–Crippen MR) is 93.0 cm³/mol. The highest BCUT2D eigenvalue weighted by atomic mass is 16.5. The Labute approximate surface area is 149 Å². The van der Waals surface area contributed by atoms with Crippen LogP contribution in [0.15, 0.2) is 4.42 Å². The molecule has 0 aromatic carbocycles. The van der Waals surface area contributed by atoms with E-state index in [9.17, 15) is 4.79 Å². The lowest BCUT2D eigenvalue weighted by molar-refractivity contribution is -0.143. The molecule has 25 heavy (non-hydrogen) atoms. The van der Waals surface area contributed by atoms with Crippen molar-refractivity contribution in [2.75, 3.05) is 39.3 Å². The maximum Gasteiger partial charge on any atom is 0.247 e. The third-order valence-electron chi connectivity index (χ3n) is 4.85. The summed E-state index contributed by atoms with van der Waals surface area (Å²) in [7, 11) is 0. The van der Waals surface area contributed by atoms with Gasteiger partial charge in [0.25, 0.3) is 0 Å². The summed E-state index contributed by atoms with van der Waals surface area (Å²) in [6, 6.07) is 0.